The van der Waals surface area contributed by atoms with Crippen LogP contribution in [0.4, 0.5) is 0 Å². The third-order valence-corrected chi connectivity index (χ3v) is 0. The van der Waals surface area contributed by atoms with E-state index in [9.17, 15) is 0 Å². The summed E-state index contributed by atoms with van der Waals surface area (Å²) in [4.78, 5) is 0. The zero-order valence-corrected chi connectivity index (χ0v) is 14.7. The van der Waals surface area contributed by atoms with Crippen LogP contribution in [0.3, 0.4) is 0 Å². The van der Waals surface area contributed by atoms with Crippen molar-refractivity contribution in [2.45, 2.75) is 0 Å². The van der Waals surface area contributed by atoms with E-state index in [1.165, 1.54) is 0 Å². The van der Waals surface area contributed by atoms with E-state index < -0.39 is 0 Å². The number of hydrogen-bond donors (Lipinski definition) is 0. The summed E-state index contributed by atoms with van der Waals surface area (Å²) in [6, 6.07) is 0. The maximum Gasteiger partial charge on any atom is 2.00 e. The van der Waals surface area contributed by atoms with Crippen molar-refractivity contribution in [1.29, 1.82) is 0 Å². The zero-order valence-electron chi connectivity index (χ0n) is 5.97. The van der Waals surface area contributed by atoms with E-state index in [1.54, 1.807) is 0 Å². The second-order valence-corrected chi connectivity index (χ2v) is 0. The van der Waals surface area contributed by atoms with E-state index >= 15 is 0 Å². The minimum absolute atomic E-state index is 0. The topological polar surface area (TPSA) is 0 Å². The van der Waals surface area contributed by atoms with E-state index in [2.05, 4.69) is 0 Å². The Hall–Kier alpha value is 4.99. The Kier molecular flexibility index (Phi) is 150. The fraction of sp³-hybridized carbons (Fsp3) is 0. The van der Waals surface area contributed by atoms with Crippen molar-refractivity contribution in [3.63, 3.8) is 0 Å². The van der Waals surface area contributed by atoms with E-state index in [0.29, 0.717) is 0 Å². The Morgan fingerprint density at radius 2 is 1.20 bits per heavy atom. The molecule has 0 aliphatic heterocycles. The quantitative estimate of drug-likeness (QED) is 0.348. The maximum atomic E-state index is 0. The summed E-state index contributed by atoms with van der Waals surface area (Å²) in [5.41, 5.74) is 0. The Bertz CT molecular complexity index is 19.2. The molecule has 0 heterocycles. The van der Waals surface area contributed by atoms with Gasteiger partial charge in [-0.15, -0.1) is 0 Å². The summed E-state index contributed by atoms with van der Waals surface area (Å²) in [5, 5.41) is 0. The first-order valence-corrected chi connectivity index (χ1v) is 0. The van der Waals surface area contributed by atoms with E-state index in [4.69, 9.17) is 0 Å². The SMILES string of the molecule is [Ce].[Fe].[H-].[H-].[H-].[K+].[Mg+2].[W]. The van der Waals surface area contributed by atoms with Crippen molar-refractivity contribution in [3.05, 3.63) is 0 Å². The van der Waals surface area contributed by atoms with Gasteiger partial charge >= 0.3 is 74.4 Å². The first kappa shape index (κ1) is 32.4. The van der Waals surface area contributed by atoms with Gasteiger partial charge in [-0.3, -0.25) is 0 Å². The van der Waals surface area contributed by atoms with Gasteiger partial charge in [0.25, 0.3) is 0 Å². The van der Waals surface area contributed by atoms with Crippen molar-refractivity contribution >= 4 is 23.1 Å². The normalized spacial score (nSPS) is 0. The maximum absolute atomic E-state index is 0. The van der Waals surface area contributed by atoms with Crippen LogP contribution < -0.4 is 51.4 Å². The second kappa shape index (κ2) is 23.1. The molecule has 24 valence electrons. The molecule has 0 atom stereocenters. The molecule has 0 aromatic carbocycles. The molecule has 0 fully saturated rings. The first-order chi connectivity index (χ1) is 0. The molecule has 0 saturated carbocycles. The molecule has 0 saturated heterocycles. The van der Waals surface area contributed by atoms with Crippen molar-refractivity contribution in [1.82, 2.24) is 0 Å². The molecule has 0 aromatic heterocycles. The van der Waals surface area contributed by atoms with Crippen LogP contribution in [-0.4, -0.2) is 23.1 Å². The molecule has 0 spiro atoms. The van der Waals surface area contributed by atoms with E-state index in [0.717, 1.165) is 0 Å². The third-order valence-electron chi connectivity index (χ3n) is 0. The summed E-state index contributed by atoms with van der Waals surface area (Å²) < 4.78 is 0. The smallest absolute Gasteiger partial charge is 1.00 e. The Morgan fingerprint density at radius 1 is 1.20 bits per heavy atom. The standard InChI is InChI=1S/Ce.Fe.K.Mg.W.3H/q;;+1;+2;;3*-1. The molecular weight excluding hydrogens is 443 g/mol. The molecule has 5 heavy (non-hydrogen) atoms. The molecule has 0 nitrogen and oxygen atoms in total. The summed E-state index contributed by atoms with van der Waals surface area (Å²) in [6.45, 7) is 0. The summed E-state index contributed by atoms with van der Waals surface area (Å²) >= 11 is 0. The third kappa shape index (κ3) is 17.6. The number of rotatable bonds is 0. The predicted molar refractivity (Wildman–Crippen MR) is 9.09 cm³/mol. The van der Waals surface area contributed by atoms with Gasteiger partial charge in [0.05, 0.1) is 0 Å². The van der Waals surface area contributed by atoms with Gasteiger partial charge in [0, 0.05) is 79.9 Å². The molecule has 0 radical (unpaired) electrons. The molecule has 0 rings (SSSR count). The largest absolute Gasteiger partial charge is 2.00 e. The van der Waals surface area contributed by atoms with Gasteiger partial charge in [0.15, 0.2) is 0 Å². The molecule has 0 aliphatic rings. The summed E-state index contributed by atoms with van der Waals surface area (Å²) in [6.07, 6.45) is 0. The minimum atomic E-state index is 0. The molecule has 0 aromatic rings. The molecule has 0 aliphatic carbocycles. The summed E-state index contributed by atoms with van der Waals surface area (Å²) in [7, 11) is 0. The van der Waals surface area contributed by atoms with Gasteiger partial charge in [-0.25, -0.2) is 0 Å². The van der Waals surface area contributed by atoms with Crippen molar-refractivity contribution in [3.8, 4) is 0 Å². The van der Waals surface area contributed by atoms with Gasteiger partial charge < -0.3 is 4.28 Å². The van der Waals surface area contributed by atoms with Gasteiger partial charge in [-0.05, 0) is 0 Å². The van der Waals surface area contributed by atoms with Crippen LogP contribution in [0.5, 0.6) is 0 Å². The average Bonchev–Trinajstić information content (AvgIpc) is 0. The molecule has 0 unspecified atom stereocenters. The van der Waals surface area contributed by atoms with Gasteiger partial charge in [-0.1, -0.05) is 0 Å². The van der Waals surface area contributed by atoms with Gasteiger partial charge in [0.2, 0.25) is 0 Å². The second-order valence-electron chi connectivity index (χ2n) is 0. The zero-order chi connectivity index (χ0) is 0. The Morgan fingerprint density at radius 3 is 1.20 bits per heavy atom. The molecule has 0 bridgehead atoms. The van der Waals surface area contributed by atoms with E-state index in [-0.39, 0.29) is 159 Å². The van der Waals surface area contributed by atoms with Crippen LogP contribution in [0.1, 0.15) is 4.28 Å². The molecule has 0 amide bonds. The molecule has 5 heteroatoms. The summed E-state index contributed by atoms with van der Waals surface area (Å²) in [5.74, 6) is 0. The fourth-order valence-electron chi connectivity index (χ4n) is 0. The van der Waals surface area contributed by atoms with Crippen molar-refractivity contribution in [2.75, 3.05) is 0 Å². The first-order valence-electron chi connectivity index (χ1n) is 0. The van der Waals surface area contributed by atoms with Gasteiger partial charge in [0.1, 0.15) is 0 Å². The van der Waals surface area contributed by atoms with Crippen LogP contribution in [0.2, 0.25) is 0 Å². The van der Waals surface area contributed by atoms with Crippen LogP contribution in [0, 0.1) is 41.7 Å². The Labute approximate surface area is 154 Å². The monoisotopic (exact) mass is 446 g/mol. The van der Waals surface area contributed by atoms with Crippen molar-refractivity contribution in [2.24, 2.45) is 0 Å². The van der Waals surface area contributed by atoms with Crippen LogP contribution >= 0.6 is 0 Å². The molecule has 0 N–H and O–H groups in total. The van der Waals surface area contributed by atoms with Crippen LogP contribution in [0.25, 0.3) is 0 Å². The number of hydrogen-bond acceptors (Lipinski definition) is 0. The van der Waals surface area contributed by atoms with Crippen molar-refractivity contribution < 1.29 is 136 Å². The van der Waals surface area contributed by atoms with Crippen LogP contribution in [0.15, 0.2) is 0 Å². The predicted octanol–water partition coefficient (Wildman–Crippen LogP) is -3.04. The molecular formula is H3CeFeKMgW. The van der Waals surface area contributed by atoms with Gasteiger partial charge in [-0.2, -0.15) is 0 Å². The van der Waals surface area contributed by atoms with E-state index in [1.807, 2.05) is 0 Å². The van der Waals surface area contributed by atoms with Crippen LogP contribution in [-0.2, 0) is 38.1 Å². The fourth-order valence-corrected chi connectivity index (χ4v) is 0. The average molecular weight is 446 g/mol. The Balaban J connectivity index is 0. The minimum Gasteiger partial charge on any atom is -1.00 e.